The predicted octanol–water partition coefficient (Wildman–Crippen LogP) is 8.25. The maximum absolute atomic E-state index is 13.0. The van der Waals surface area contributed by atoms with Crippen LogP contribution in [0.1, 0.15) is 76.4 Å². The second-order valence-corrected chi connectivity index (χ2v) is 11.4. The SMILES string of the molecule is CCc1cc(Cc2cc(CC)c(NC(=O)Cc3cccc(C)c3)c(CC)c2)cc(C)c1NC(=O)Cc1cccc(C)c1. The van der Waals surface area contributed by atoms with Gasteiger partial charge in [0, 0.05) is 11.4 Å². The summed E-state index contributed by atoms with van der Waals surface area (Å²) in [5.41, 5.74) is 13.3. The molecule has 4 aromatic carbocycles. The van der Waals surface area contributed by atoms with Gasteiger partial charge in [-0.1, -0.05) is 105 Å². The van der Waals surface area contributed by atoms with Gasteiger partial charge in [0.2, 0.25) is 11.8 Å². The maximum Gasteiger partial charge on any atom is 0.228 e. The molecule has 0 spiro atoms. The molecule has 0 radical (unpaired) electrons. The molecule has 0 aliphatic heterocycles. The Morgan fingerprint density at radius 1 is 0.548 bits per heavy atom. The van der Waals surface area contributed by atoms with E-state index in [1.165, 1.54) is 11.1 Å². The quantitative estimate of drug-likeness (QED) is 0.194. The Kier molecular flexibility index (Phi) is 10.4. The van der Waals surface area contributed by atoms with E-state index < -0.39 is 0 Å². The summed E-state index contributed by atoms with van der Waals surface area (Å²) >= 11 is 0. The highest BCUT2D eigenvalue weighted by Gasteiger charge is 2.15. The van der Waals surface area contributed by atoms with Crippen LogP contribution in [0.3, 0.4) is 0 Å². The van der Waals surface area contributed by atoms with Crippen molar-refractivity contribution in [3.63, 3.8) is 0 Å². The molecule has 0 atom stereocenters. The highest BCUT2D eigenvalue weighted by Crippen LogP contribution is 2.29. The molecule has 0 heterocycles. The largest absolute Gasteiger partial charge is 0.325 e. The van der Waals surface area contributed by atoms with E-state index >= 15 is 0 Å². The first-order chi connectivity index (χ1) is 20.2. The third-order valence-electron chi connectivity index (χ3n) is 7.81. The van der Waals surface area contributed by atoms with Crippen molar-refractivity contribution in [3.8, 4) is 0 Å². The lowest BCUT2D eigenvalue weighted by Crippen LogP contribution is -2.17. The van der Waals surface area contributed by atoms with Crippen LogP contribution in [0.2, 0.25) is 0 Å². The molecule has 0 aliphatic rings. The van der Waals surface area contributed by atoms with Crippen molar-refractivity contribution in [1.82, 2.24) is 0 Å². The standard InChI is InChI=1S/C38H44N2O2/c1-7-32-20-30(18-27(6)37(32)39-35(41)23-28-14-10-12-25(4)16-28)19-31-21-33(8-2)38(34(9-3)22-31)40-36(42)24-29-15-11-13-26(5)17-29/h10-18,20-22H,7-9,19,23-24H2,1-6H3,(H,39,41)(H,40,42). The van der Waals surface area contributed by atoms with Crippen molar-refractivity contribution in [3.05, 3.63) is 128 Å². The van der Waals surface area contributed by atoms with Gasteiger partial charge in [-0.05, 0) is 91.0 Å². The van der Waals surface area contributed by atoms with Crippen molar-refractivity contribution < 1.29 is 9.59 Å². The maximum atomic E-state index is 13.0. The van der Waals surface area contributed by atoms with Crippen LogP contribution in [0.15, 0.2) is 72.8 Å². The highest BCUT2D eigenvalue weighted by molar-refractivity contribution is 5.94. The van der Waals surface area contributed by atoms with Crippen LogP contribution < -0.4 is 10.6 Å². The van der Waals surface area contributed by atoms with E-state index in [1.807, 2.05) is 50.2 Å². The zero-order valence-electron chi connectivity index (χ0n) is 26.0. The Hall–Kier alpha value is -4.18. The summed E-state index contributed by atoms with van der Waals surface area (Å²) in [5.74, 6) is 0.0207. The number of benzene rings is 4. The molecule has 42 heavy (non-hydrogen) atoms. The van der Waals surface area contributed by atoms with Crippen molar-refractivity contribution >= 4 is 23.2 Å². The second-order valence-electron chi connectivity index (χ2n) is 11.4. The Morgan fingerprint density at radius 3 is 1.43 bits per heavy atom. The Labute approximate surface area is 251 Å². The van der Waals surface area contributed by atoms with Gasteiger partial charge in [-0.25, -0.2) is 0 Å². The first kappa shape index (κ1) is 30.8. The molecule has 0 aromatic heterocycles. The Balaban J connectivity index is 1.52. The van der Waals surface area contributed by atoms with Crippen molar-refractivity contribution in [2.24, 2.45) is 0 Å². The van der Waals surface area contributed by atoms with Crippen LogP contribution in [-0.2, 0) is 48.1 Å². The van der Waals surface area contributed by atoms with Gasteiger partial charge in [-0.15, -0.1) is 0 Å². The topological polar surface area (TPSA) is 58.2 Å². The Bertz CT molecular complexity index is 1560. The summed E-state index contributed by atoms with van der Waals surface area (Å²) in [5, 5.41) is 6.43. The minimum atomic E-state index is 0.00589. The van der Waals surface area contributed by atoms with E-state index in [2.05, 4.69) is 74.7 Å². The fourth-order valence-corrected chi connectivity index (χ4v) is 5.78. The van der Waals surface area contributed by atoms with Gasteiger partial charge in [0.05, 0.1) is 12.8 Å². The molecule has 0 aliphatic carbocycles. The van der Waals surface area contributed by atoms with Gasteiger partial charge in [0.15, 0.2) is 0 Å². The molecule has 0 unspecified atom stereocenters. The lowest BCUT2D eigenvalue weighted by Gasteiger charge is -2.19. The van der Waals surface area contributed by atoms with Crippen LogP contribution in [0.4, 0.5) is 11.4 Å². The number of rotatable bonds is 11. The van der Waals surface area contributed by atoms with E-state index in [1.54, 1.807) is 0 Å². The lowest BCUT2D eigenvalue weighted by atomic mass is 9.93. The first-order valence-corrected chi connectivity index (χ1v) is 15.2. The third-order valence-corrected chi connectivity index (χ3v) is 7.81. The van der Waals surface area contributed by atoms with Crippen LogP contribution in [0.25, 0.3) is 0 Å². The molecule has 0 bridgehead atoms. The predicted molar refractivity (Wildman–Crippen MR) is 176 cm³/mol. The van der Waals surface area contributed by atoms with Gasteiger partial charge in [-0.3, -0.25) is 9.59 Å². The van der Waals surface area contributed by atoms with Gasteiger partial charge in [0.25, 0.3) is 0 Å². The van der Waals surface area contributed by atoms with Gasteiger partial charge < -0.3 is 10.6 Å². The molecular weight excluding hydrogens is 516 g/mol. The van der Waals surface area contributed by atoms with Crippen LogP contribution in [0.5, 0.6) is 0 Å². The lowest BCUT2D eigenvalue weighted by molar-refractivity contribution is -0.116. The van der Waals surface area contributed by atoms with Crippen LogP contribution in [-0.4, -0.2) is 11.8 Å². The molecule has 4 heteroatoms. The van der Waals surface area contributed by atoms with E-state index in [0.717, 1.165) is 81.6 Å². The van der Waals surface area contributed by atoms with E-state index in [4.69, 9.17) is 0 Å². The molecule has 0 fully saturated rings. The number of hydrogen-bond donors (Lipinski definition) is 2. The molecular formula is C38H44N2O2. The summed E-state index contributed by atoms with van der Waals surface area (Å²) in [6.07, 6.45) is 4.03. The van der Waals surface area contributed by atoms with Crippen molar-refractivity contribution in [2.45, 2.75) is 80.1 Å². The van der Waals surface area contributed by atoms with E-state index in [9.17, 15) is 9.59 Å². The minimum absolute atomic E-state index is 0.00589. The van der Waals surface area contributed by atoms with Gasteiger partial charge in [-0.2, -0.15) is 0 Å². The number of amides is 2. The van der Waals surface area contributed by atoms with Crippen molar-refractivity contribution in [1.29, 1.82) is 0 Å². The number of hydrogen-bond acceptors (Lipinski definition) is 2. The number of carbonyl (C=O) groups excluding carboxylic acids is 2. The summed E-state index contributed by atoms with van der Waals surface area (Å²) < 4.78 is 0. The number of carbonyl (C=O) groups is 2. The average Bonchev–Trinajstić information content (AvgIpc) is 2.94. The van der Waals surface area contributed by atoms with Gasteiger partial charge >= 0.3 is 0 Å². The summed E-state index contributed by atoms with van der Waals surface area (Å²) in [6.45, 7) is 12.6. The monoisotopic (exact) mass is 560 g/mol. The fraction of sp³-hybridized carbons (Fsp3) is 0.316. The molecule has 0 saturated heterocycles. The van der Waals surface area contributed by atoms with Gasteiger partial charge in [0.1, 0.15) is 0 Å². The fourth-order valence-electron chi connectivity index (χ4n) is 5.78. The van der Waals surface area contributed by atoms with Crippen molar-refractivity contribution in [2.75, 3.05) is 10.6 Å². The molecule has 2 N–H and O–H groups in total. The highest BCUT2D eigenvalue weighted by atomic mass is 16.2. The first-order valence-electron chi connectivity index (χ1n) is 15.2. The number of anilines is 2. The summed E-state index contributed by atoms with van der Waals surface area (Å²) in [4.78, 5) is 25.9. The minimum Gasteiger partial charge on any atom is -0.325 e. The molecule has 218 valence electrons. The molecule has 4 rings (SSSR count). The normalized spacial score (nSPS) is 10.9. The molecule has 4 nitrogen and oxygen atoms in total. The number of aryl methyl sites for hydroxylation is 6. The summed E-state index contributed by atoms with van der Waals surface area (Å²) in [6, 6.07) is 25.1. The number of nitrogens with one attached hydrogen (secondary N) is 2. The zero-order chi connectivity index (χ0) is 30.2. The molecule has 2 amide bonds. The second kappa shape index (κ2) is 14.1. The van der Waals surface area contributed by atoms with E-state index in [-0.39, 0.29) is 11.8 Å². The van der Waals surface area contributed by atoms with E-state index in [0.29, 0.717) is 12.8 Å². The molecule has 4 aromatic rings. The Morgan fingerprint density at radius 2 is 0.976 bits per heavy atom. The average molecular weight is 561 g/mol. The molecule has 0 saturated carbocycles. The third kappa shape index (κ3) is 7.97. The summed E-state index contributed by atoms with van der Waals surface area (Å²) in [7, 11) is 0. The van der Waals surface area contributed by atoms with Crippen LogP contribution in [0, 0.1) is 20.8 Å². The smallest absolute Gasteiger partial charge is 0.228 e. The van der Waals surface area contributed by atoms with Crippen LogP contribution >= 0.6 is 0 Å². The zero-order valence-corrected chi connectivity index (χ0v) is 26.0.